The molecule has 3 rings (SSSR count). The Kier molecular flexibility index (Phi) is 15.8. The molecule has 0 radical (unpaired) electrons. The summed E-state index contributed by atoms with van der Waals surface area (Å²) in [7, 11) is 0. The van der Waals surface area contributed by atoms with Crippen molar-refractivity contribution < 1.29 is 69.0 Å². The molecular weight excluding hydrogens is 608 g/mol. The van der Waals surface area contributed by atoms with E-state index in [0.29, 0.717) is 6.42 Å². The quantitative estimate of drug-likeness (QED) is 0.0516. The van der Waals surface area contributed by atoms with Crippen LogP contribution in [0.4, 0.5) is 0 Å². The van der Waals surface area contributed by atoms with Crippen molar-refractivity contribution in [1.82, 2.24) is 0 Å². The van der Waals surface area contributed by atoms with Crippen LogP contribution in [0, 0.1) is 5.92 Å². The van der Waals surface area contributed by atoms with Crippen LogP contribution in [-0.2, 0) is 33.3 Å². The van der Waals surface area contributed by atoms with Crippen molar-refractivity contribution in [2.45, 2.75) is 151 Å². The zero-order valence-electron chi connectivity index (χ0n) is 26.8. The summed E-state index contributed by atoms with van der Waals surface area (Å²) >= 11 is 0. The van der Waals surface area contributed by atoms with Crippen LogP contribution in [0.2, 0.25) is 0 Å². The molecule has 3 heterocycles. The highest BCUT2D eigenvalue weighted by Gasteiger charge is 2.53. The lowest BCUT2D eigenvalue weighted by Crippen LogP contribution is -2.62. The summed E-state index contributed by atoms with van der Waals surface area (Å²) < 4.78 is 27.5. The normalized spacial score (nSPS) is 35.4. The fourth-order valence-corrected chi connectivity index (χ4v) is 6.23. The first-order valence-corrected chi connectivity index (χ1v) is 16.6. The van der Waals surface area contributed by atoms with E-state index in [1.807, 2.05) is 6.92 Å². The van der Waals surface area contributed by atoms with Crippen molar-refractivity contribution >= 4 is 11.9 Å². The molecule has 14 heteroatoms. The SMILES string of the molecule is C=C1C(=O)OC(CCCCCCCCCCCCCC(C)OC2OC(CO)C(OC3OCC(O)(CO)C3O)C(O)C2O)C1C(=O)O. The zero-order chi connectivity index (χ0) is 33.9. The standard InChI is InChI=1S/C32H54O14/c1-19(43-30-25(36)24(35)26(22(16-33)45-30)46-31-27(37)32(41,17-34)18-42-31)14-12-10-8-6-4-3-5-7-9-11-13-15-21-23(28(38)39)20(2)29(40)44-21/h19,21-27,30-31,33-37,41H,2-18H2,1H3,(H,38,39). The summed E-state index contributed by atoms with van der Waals surface area (Å²) in [5, 5.41) is 70.1. The fourth-order valence-electron chi connectivity index (χ4n) is 6.23. The molecule has 11 atom stereocenters. The van der Waals surface area contributed by atoms with Crippen molar-refractivity contribution in [3.05, 3.63) is 12.2 Å². The van der Waals surface area contributed by atoms with E-state index in [1.165, 1.54) is 0 Å². The summed E-state index contributed by atoms with van der Waals surface area (Å²) in [6, 6.07) is 0. The zero-order valence-corrected chi connectivity index (χ0v) is 26.8. The summed E-state index contributed by atoms with van der Waals surface area (Å²) in [5.41, 5.74) is -1.89. The molecule has 0 aromatic heterocycles. The molecule has 0 bridgehead atoms. The van der Waals surface area contributed by atoms with Crippen LogP contribution in [0.5, 0.6) is 0 Å². The van der Waals surface area contributed by atoms with Crippen LogP contribution >= 0.6 is 0 Å². The molecule has 0 aliphatic carbocycles. The number of hydrogen-bond acceptors (Lipinski definition) is 13. The molecule has 11 unspecified atom stereocenters. The molecule has 7 N–H and O–H groups in total. The Morgan fingerprint density at radius 1 is 0.935 bits per heavy atom. The smallest absolute Gasteiger partial charge is 0.334 e. The molecular formula is C32H54O14. The maximum Gasteiger partial charge on any atom is 0.334 e. The van der Waals surface area contributed by atoms with Crippen LogP contribution < -0.4 is 0 Å². The lowest BCUT2D eigenvalue weighted by Gasteiger charge is -2.43. The average molecular weight is 663 g/mol. The first-order valence-electron chi connectivity index (χ1n) is 16.6. The van der Waals surface area contributed by atoms with Crippen molar-refractivity contribution in [1.29, 1.82) is 0 Å². The second kappa shape index (κ2) is 18.7. The summed E-state index contributed by atoms with van der Waals surface area (Å²) in [5.74, 6) is -2.59. The minimum Gasteiger partial charge on any atom is -0.481 e. The Balaban J connectivity index is 1.21. The summed E-state index contributed by atoms with van der Waals surface area (Å²) in [4.78, 5) is 23.0. The van der Waals surface area contributed by atoms with E-state index in [-0.39, 0.29) is 11.7 Å². The Hall–Kier alpha value is -1.72. The molecule has 3 fully saturated rings. The Bertz CT molecular complexity index is 961. The third kappa shape index (κ3) is 10.4. The Morgan fingerprint density at radius 2 is 1.52 bits per heavy atom. The number of aliphatic carboxylic acids is 1. The fraction of sp³-hybridized carbons (Fsp3) is 0.875. The Morgan fingerprint density at radius 3 is 2.07 bits per heavy atom. The van der Waals surface area contributed by atoms with Gasteiger partial charge < -0.3 is 59.4 Å². The third-order valence-corrected chi connectivity index (χ3v) is 9.19. The molecule has 3 aliphatic rings. The van der Waals surface area contributed by atoms with Crippen LogP contribution in [0.25, 0.3) is 0 Å². The van der Waals surface area contributed by atoms with E-state index in [4.69, 9.17) is 23.7 Å². The van der Waals surface area contributed by atoms with E-state index in [0.717, 1.165) is 77.0 Å². The molecule has 14 nitrogen and oxygen atoms in total. The number of unbranched alkanes of at least 4 members (excludes halogenated alkanes) is 10. The van der Waals surface area contributed by atoms with Gasteiger partial charge in [-0.25, -0.2) is 4.79 Å². The average Bonchev–Trinajstić information content (AvgIpc) is 3.48. The number of rotatable bonds is 21. The van der Waals surface area contributed by atoms with Gasteiger partial charge in [-0.3, -0.25) is 4.79 Å². The van der Waals surface area contributed by atoms with Gasteiger partial charge in [0.2, 0.25) is 0 Å². The predicted molar refractivity (Wildman–Crippen MR) is 161 cm³/mol. The van der Waals surface area contributed by atoms with Crippen molar-refractivity contribution in [3.63, 3.8) is 0 Å². The van der Waals surface area contributed by atoms with Gasteiger partial charge in [0, 0.05) is 5.57 Å². The van der Waals surface area contributed by atoms with Crippen molar-refractivity contribution in [2.75, 3.05) is 19.8 Å². The van der Waals surface area contributed by atoms with Gasteiger partial charge >= 0.3 is 11.9 Å². The number of carboxylic acid groups (broad SMARTS) is 1. The van der Waals surface area contributed by atoms with Gasteiger partial charge in [0.25, 0.3) is 0 Å². The lowest BCUT2D eigenvalue weighted by molar-refractivity contribution is -0.335. The maximum absolute atomic E-state index is 11.6. The van der Waals surface area contributed by atoms with E-state index in [1.54, 1.807) is 0 Å². The second-order valence-corrected chi connectivity index (χ2v) is 12.9. The van der Waals surface area contributed by atoms with Crippen LogP contribution in [0.1, 0.15) is 90.4 Å². The van der Waals surface area contributed by atoms with E-state index in [2.05, 4.69) is 6.58 Å². The van der Waals surface area contributed by atoms with Crippen molar-refractivity contribution in [2.24, 2.45) is 5.92 Å². The molecule has 0 aromatic rings. The minimum atomic E-state index is -1.92. The first-order chi connectivity index (χ1) is 21.9. The predicted octanol–water partition coefficient (Wildman–Crippen LogP) is 0.910. The molecule has 266 valence electrons. The summed E-state index contributed by atoms with van der Waals surface area (Å²) in [6.07, 6.45) is 2.35. The van der Waals surface area contributed by atoms with Gasteiger partial charge in [-0.2, -0.15) is 0 Å². The number of hydrogen-bond donors (Lipinski definition) is 7. The van der Waals surface area contributed by atoms with Crippen molar-refractivity contribution in [3.8, 4) is 0 Å². The number of carbonyl (C=O) groups is 2. The number of aliphatic hydroxyl groups excluding tert-OH is 5. The van der Waals surface area contributed by atoms with Crippen LogP contribution in [0.15, 0.2) is 12.2 Å². The molecule has 0 spiro atoms. The van der Waals surface area contributed by atoms with Gasteiger partial charge in [-0.05, 0) is 26.2 Å². The highest BCUT2D eigenvalue weighted by atomic mass is 16.7. The van der Waals surface area contributed by atoms with Gasteiger partial charge in [-0.15, -0.1) is 0 Å². The number of carboxylic acids is 1. The minimum absolute atomic E-state index is 0.0356. The number of aliphatic hydroxyl groups is 6. The number of carbonyl (C=O) groups excluding carboxylic acids is 1. The number of esters is 1. The monoisotopic (exact) mass is 662 g/mol. The molecule has 3 aliphatic heterocycles. The highest BCUT2D eigenvalue weighted by molar-refractivity contribution is 5.97. The second-order valence-electron chi connectivity index (χ2n) is 12.9. The van der Waals surface area contributed by atoms with Gasteiger partial charge in [0.1, 0.15) is 48.1 Å². The van der Waals surface area contributed by atoms with E-state index >= 15 is 0 Å². The molecule has 3 saturated heterocycles. The number of ether oxygens (including phenoxy) is 5. The summed E-state index contributed by atoms with van der Waals surface area (Å²) in [6.45, 7) is 3.67. The number of cyclic esters (lactones) is 1. The molecule has 0 aromatic carbocycles. The van der Waals surface area contributed by atoms with E-state index < -0.39 is 92.5 Å². The molecule has 46 heavy (non-hydrogen) atoms. The maximum atomic E-state index is 11.6. The highest BCUT2D eigenvalue weighted by Crippen LogP contribution is 2.32. The van der Waals surface area contributed by atoms with Crippen LogP contribution in [-0.4, -0.2) is 128 Å². The lowest BCUT2D eigenvalue weighted by atomic mass is 9.93. The van der Waals surface area contributed by atoms with Gasteiger partial charge in [-0.1, -0.05) is 70.8 Å². The van der Waals surface area contributed by atoms with Gasteiger partial charge in [0.05, 0.1) is 25.9 Å². The first kappa shape index (κ1) is 38.7. The largest absolute Gasteiger partial charge is 0.481 e. The third-order valence-electron chi connectivity index (χ3n) is 9.19. The Labute approximate surface area is 270 Å². The van der Waals surface area contributed by atoms with Gasteiger partial charge in [0.15, 0.2) is 12.6 Å². The molecule has 0 amide bonds. The van der Waals surface area contributed by atoms with E-state index in [9.17, 15) is 45.3 Å². The topological polar surface area (TPSA) is 222 Å². The van der Waals surface area contributed by atoms with Crippen LogP contribution in [0.3, 0.4) is 0 Å². The molecule has 0 saturated carbocycles.